The zero-order chi connectivity index (χ0) is 19.9. The molecule has 0 unspecified atom stereocenters. The maximum Gasteiger partial charge on any atom is 0.234 e. The quantitative estimate of drug-likeness (QED) is 0.639. The number of carbonyl (C=O) groups is 1. The minimum atomic E-state index is -0.0669. The summed E-state index contributed by atoms with van der Waals surface area (Å²) in [5.41, 5.74) is 2.45. The fourth-order valence-corrected chi connectivity index (χ4v) is 3.67. The van der Waals surface area contributed by atoms with Crippen molar-refractivity contribution in [1.82, 2.24) is 9.97 Å². The third kappa shape index (κ3) is 5.36. The van der Waals surface area contributed by atoms with Crippen LogP contribution in [0.25, 0.3) is 11.5 Å². The van der Waals surface area contributed by atoms with Gasteiger partial charge in [-0.05, 0) is 24.3 Å². The molecule has 0 bridgehead atoms. The number of ether oxygens (including phenoxy) is 1. The highest BCUT2D eigenvalue weighted by Crippen LogP contribution is 2.21. The predicted molar refractivity (Wildman–Crippen MR) is 114 cm³/mol. The molecule has 0 aliphatic carbocycles. The van der Waals surface area contributed by atoms with Crippen LogP contribution in [0.15, 0.2) is 59.3 Å². The van der Waals surface area contributed by atoms with E-state index in [0.717, 1.165) is 43.4 Å². The van der Waals surface area contributed by atoms with E-state index in [0.29, 0.717) is 23.1 Å². The smallest absolute Gasteiger partial charge is 0.234 e. The van der Waals surface area contributed by atoms with Crippen LogP contribution in [-0.2, 0) is 15.3 Å². The van der Waals surface area contributed by atoms with E-state index < -0.39 is 0 Å². The predicted octanol–water partition coefficient (Wildman–Crippen LogP) is 3.45. The number of amides is 1. The van der Waals surface area contributed by atoms with Gasteiger partial charge in [0.1, 0.15) is 12.1 Å². The molecule has 7 nitrogen and oxygen atoms in total. The van der Waals surface area contributed by atoms with Gasteiger partial charge in [-0.2, -0.15) is 0 Å². The summed E-state index contributed by atoms with van der Waals surface area (Å²) in [7, 11) is 0. The molecule has 1 aliphatic rings. The average Bonchev–Trinajstić information content (AvgIpc) is 3.24. The topological polar surface area (TPSA) is 80.5 Å². The molecule has 3 heterocycles. The van der Waals surface area contributed by atoms with Crippen LogP contribution < -0.4 is 10.2 Å². The number of aromatic nitrogens is 2. The Morgan fingerprint density at radius 1 is 1.14 bits per heavy atom. The molecule has 1 aliphatic heterocycles. The van der Waals surface area contributed by atoms with Crippen molar-refractivity contribution in [2.75, 3.05) is 42.3 Å². The van der Waals surface area contributed by atoms with E-state index in [9.17, 15) is 4.79 Å². The number of pyridine rings is 1. The number of hydrogen-bond acceptors (Lipinski definition) is 7. The van der Waals surface area contributed by atoms with Crippen molar-refractivity contribution in [3.63, 3.8) is 0 Å². The number of rotatable bonds is 7. The molecule has 1 amide bonds. The lowest BCUT2D eigenvalue weighted by molar-refractivity contribution is -0.113. The standard InChI is InChI=1S/C21H22N4O3S/c26-20(23-17-6-7-19(22-12-17)25-8-10-27-11-9-25)15-29-14-18-13-28-21(24-18)16-4-2-1-3-5-16/h1-7,12-13H,8-11,14-15H2,(H,23,26). The summed E-state index contributed by atoms with van der Waals surface area (Å²) in [6.07, 6.45) is 3.33. The van der Waals surface area contributed by atoms with E-state index >= 15 is 0 Å². The molecule has 29 heavy (non-hydrogen) atoms. The van der Waals surface area contributed by atoms with Gasteiger partial charge in [-0.1, -0.05) is 18.2 Å². The summed E-state index contributed by atoms with van der Waals surface area (Å²) in [5, 5.41) is 2.88. The molecule has 1 aromatic carbocycles. The van der Waals surface area contributed by atoms with Crippen molar-refractivity contribution < 1.29 is 13.9 Å². The Morgan fingerprint density at radius 3 is 2.72 bits per heavy atom. The van der Waals surface area contributed by atoms with Crippen LogP contribution in [0.5, 0.6) is 0 Å². The fraction of sp³-hybridized carbons (Fsp3) is 0.286. The number of morpholine rings is 1. The summed E-state index contributed by atoms with van der Waals surface area (Å²) in [6.45, 7) is 3.11. The van der Waals surface area contributed by atoms with Crippen LogP contribution in [0.1, 0.15) is 5.69 Å². The lowest BCUT2D eigenvalue weighted by Crippen LogP contribution is -2.36. The van der Waals surface area contributed by atoms with Gasteiger partial charge in [-0.15, -0.1) is 11.8 Å². The van der Waals surface area contributed by atoms with Crippen LogP contribution in [0.3, 0.4) is 0 Å². The van der Waals surface area contributed by atoms with Gasteiger partial charge < -0.3 is 19.4 Å². The number of oxazole rings is 1. The van der Waals surface area contributed by atoms with Crippen LogP contribution in [0.2, 0.25) is 0 Å². The van der Waals surface area contributed by atoms with Gasteiger partial charge in [0.25, 0.3) is 0 Å². The van der Waals surface area contributed by atoms with Gasteiger partial charge in [0.15, 0.2) is 0 Å². The van der Waals surface area contributed by atoms with Crippen molar-refractivity contribution >= 4 is 29.2 Å². The van der Waals surface area contributed by atoms with Gasteiger partial charge in [-0.25, -0.2) is 9.97 Å². The number of carbonyl (C=O) groups excluding carboxylic acids is 1. The molecule has 0 radical (unpaired) electrons. The molecule has 0 atom stereocenters. The molecule has 1 fully saturated rings. The van der Waals surface area contributed by atoms with Crippen LogP contribution in [0, 0.1) is 0 Å². The molecule has 0 spiro atoms. The molecule has 0 saturated carbocycles. The first-order chi connectivity index (χ1) is 14.3. The summed E-state index contributed by atoms with van der Waals surface area (Å²) in [6, 6.07) is 13.6. The molecule has 8 heteroatoms. The van der Waals surface area contributed by atoms with Gasteiger partial charge in [-0.3, -0.25) is 4.79 Å². The third-order valence-electron chi connectivity index (χ3n) is 4.42. The van der Waals surface area contributed by atoms with Gasteiger partial charge >= 0.3 is 0 Å². The van der Waals surface area contributed by atoms with Crippen molar-refractivity contribution in [2.24, 2.45) is 0 Å². The Hall–Kier alpha value is -2.84. The molecule has 4 rings (SSSR count). The Balaban J connectivity index is 1.22. The largest absolute Gasteiger partial charge is 0.444 e. The number of nitrogens with zero attached hydrogens (tertiary/aromatic N) is 3. The first-order valence-corrected chi connectivity index (χ1v) is 10.6. The van der Waals surface area contributed by atoms with Gasteiger partial charge in [0.05, 0.1) is 36.5 Å². The monoisotopic (exact) mass is 410 g/mol. The number of thioether (sulfide) groups is 1. The maximum absolute atomic E-state index is 12.2. The van der Waals surface area contributed by atoms with Gasteiger partial charge in [0, 0.05) is 24.4 Å². The second-order valence-corrected chi connectivity index (χ2v) is 7.54. The first kappa shape index (κ1) is 19.5. The normalized spacial score (nSPS) is 14.0. The SMILES string of the molecule is O=C(CSCc1coc(-c2ccccc2)n1)Nc1ccc(N2CCOCC2)nc1. The van der Waals surface area contributed by atoms with E-state index in [1.54, 1.807) is 12.5 Å². The average molecular weight is 410 g/mol. The molecule has 2 aromatic heterocycles. The first-order valence-electron chi connectivity index (χ1n) is 9.44. The molecule has 1 saturated heterocycles. The zero-order valence-electron chi connectivity index (χ0n) is 15.9. The van der Waals surface area contributed by atoms with Crippen LogP contribution in [-0.4, -0.2) is 47.9 Å². The van der Waals surface area contributed by atoms with E-state index in [4.69, 9.17) is 9.15 Å². The molecule has 1 N–H and O–H groups in total. The Bertz CT molecular complexity index is 925. The third-order valence-corrected chi connectivity index (χ3v) is 5.39. The van der Waals surface area contributed by atoms with E-state index in [1.165, 1.54) is 11.8 Å². The summed E-state index contributed by atoms with van der Waals surface area (Å²) in [4.78, 5) is 23.3. The molecule has 3 aromatic rings. The number of benzene rings is 1. The molecular weight excluding hydrogens is 388 g/mol. The van der Waals surface area contributed by atoms with E-state index in [2.05, 4.69) is 20.2 Å². The van der Waals surface area contributed by atoms with Crippen molar-refractivity contribution in [3.05, 3.63) is 60.6 Å². The second-order valence-electron chi connectivity index (χ2n) is 6.56. The lowest BCUT2D eigenvalue weighted by atomic mass is 10.2. The highest BCUT2D eigenvalue weighted by Gasteiger charge is 2.12. The van der Waals surface area contributed by atoms with E-state index in [1.807, 2.05) is 42.5 Å². The second kappa shape index (κ2) is 9.58. The van der Waals surface area contributed by atoms with Crippen LogP contribution >= 0.6 is 11.8 Å². The number of nitrogens with one attached hydrogen (secondary N) is 1. The van der Waals surface area contributed by atoms with Crippen LogP contribution in [0.4, 0.5) is 11.5 Å². The Morgan fingerprint density at radius 2 is 1.97 bits per heavy atom. The lowest BCUT2D eigenvalue weighted by Gasteiger charge is -2.27. The number of hydrogen-bond donors (Lipinski definition) is 1. The zero-order valence-corrected chi connectivity index (χ0v) is 16.7. The van der Waals surface area contributed by atoms with Crippen molar-refractivity contribution in [1.29, 1.82) is 0 Å². The number of anilines is 2. The summed E-state index contributed by atoms with van der Waals surface area (Å²) in [5.74, 6) is 2.37. The fourth-order valence-electron chi connectivity index (χ4n) is 2.97. The Labute approximate surface area is 173 Å². The van der Waals surface area contributed by atoms with Crippen molar-refractivity contribution in [3.8, 4) is 11.5 Å². The minimum absolute atomic E-state index is 0.0669. The van der Waals surface area contributed by atoms with E-state index in [-0.39, 0.29) is 5.91 Å². The van der Waals surface area contributed by atoms with Gasteiger partial charge in [0.2, 0.25) is 11.8 Å². The summed E-state index contributed by atoms with van der Waals surface area (Å²) < 4.78 is 10.9. The summed E-state index contributed by atoms with van der Waals surface area (Å²) >= 11 is 1.49. The molecular formula is C21H22N4O3S. The minimum Gasteiger partial charge on any atom is -0.444 e. The molecule has 150 valence electrons. The highest BCUT2D eigenvalue weighted by atomic mass is 32.2. The van der Waals surface area contributed by atoms with Crippen molar-refractivity contribution in [2.45, 2.75) is 5.75 Å². The highest BCUT2D eigenvalue weighted by molar-refractivity contribution is 7.99. The maximum atomic E-state index is 12.2. The Kier molecular flexibility index (Phi) is 6.43.